The lowest BCUT2D eigenvalue weighted by Crippen LogP contribution is -2.32. The fraction of sp³-hybridized carbons (Fsp3) is 0.250. The Labute approximate surface area is 165 Å². The van der Waals surface area contributed by atoms with Gasteiger partial charge in [-0.15, -0.1) is 11.3 Å². The molecule has 0 bridgehead atoms. The first kappa shape index (κ1) is 19.5. The van der Waals surface area contributed by atoms with Crippen molar-refractivity contribution in [1.82, 2.24) is 9.55 Å². The molecule has 0 saturated heterocycles. The van der Waals surface area contributed by atoms with Crippen molar-refractivity contribution in [2.75, 3.05) is 11.9 Å². The Bertz CT molecular complexity index is 1260. The topological polar surface area (TPSA) is 99.9 Å². The van der Waals surface area contributed by atoms with Crippen LogP contribution in [-0.2, 0) is 16.1 Å². The fourth-order valence-corrected chi connectivity index (χ4v) is 3.97. The molecule has 0 aliphatic carbocycles. The molecule has 0 amide bonds. The number of carbonyl (C=O) groups excluding carboxylic acids is 1. The molecule has 7 nitrogen and oxygen atoms in total. The Morgan fingerprint density at radius 1 is 1.39 bits per heavy atom. The predicted molar refractivity (Wildman–Crippen MR) is 110 cm³/mol. The number of ether oxygens (including phenoxy) is 1. The second kappa shape index (κ2) is 8.15. The van der Waals surface area contributed by atoms with Crippen molar-refractivity contribution in [3.8, 4) is 6.07 Å². The summed E-state index contributed by atoms with van der Waals surface area (Å²) in [4.78, 5) is 28.0. The zero-order chi connectivity index (χ0) is 20.3. The minimum atomic E-state index is -0.721. The van der Waals surface area contributed by atoms with E-state index in [0.29, 0.717) is 15.7 Å². The van der Waals surface area contributed by atoms with Crippen molar-refractivity contribution < 1.29 is 9.53 Å². The van der Waals surface area contributed by atoms with Crippen molar-refractivity contribution in [2.24, 2.45) is 0 Å². The van der Waals surface area contributed by atoms with Crippen LogP contribution in [0, 0.1) is 18.3 Å². The number of thiazole rings is 1. The first-order chi connectivity index (χ1) is 13.5. The summed E-state index contributed by atoms with van der Waals surface area (Å²) in [5, 5.41) is 13.6. The second-order valence-electron chi connectivity index (χ2n) is 6.07. The number of fused-ring (bicyclic) bond motifs is 1. The van der Waals surface area contributed by atoms with E-state index in [2.05, 4.69) is 10.3 Å². The summed E-state index contributed by atoms with van der Waals surface area (Å²) in [6.07, 6.45) is 1.60. The molecule has 3 aromatic rings. The van der Waals surface area contributed by atoms with Crippen molar-refractivity contribution in [3.63, 3.8) is 0 Å². The van der Waals surface area contributed by atoms with E-state index in [1.165, 1.54) is 4.57 Å². The minimum Gasteiger partial charge on any atom is -0.462 e. The Morgan fingerprint density at radius 3 is 2.86 bits per heavy atom. The van der Waals surface area contributed by atoms with E-state index >= 15 is 0 Å². The van der Waals surface area contributed by atoms with Crippen LogP contribution in [0.5, 0.6) is 0 Å². The molecule has 0 atom stereocenters. The normalized spacial score (nSPS) is 12.7. The number of hydrogen-bond acceptors (Lipinski definition) is 6. The molecule has 0 saturated carbocycles. The highest BCUT2D eigenvalue weighted by molar-refractivity contribution is 7.07. The number of aryl methyl sites for hydroxylation is 1. The van der Waals surface area contributed by atoms with Crippen LogP contribution in [0.1, 0.15) is 19.5 Å². The monoisotopic (exact) mass is 396 g/mol. The largest absolute Gasteiger partial charge is 0.462 e. The molecule has 2 N–H and O–H groups in total. The van der Waals surface area contributed by atoms with Gasteiger partial charge in [0, 0.05) is 35.0 Å². The van der Waals surface area contributed by atoms with Gasteiger partial charge in [0.15, 0.2) is 5.57 Å². The summed E-state index contributed by atoms with van der Waals surface area (Å²) in [6, 6.07) is 9.77. The average Bonchev–Trinajstić information content (AvgIpc) is 3.19. The molecule has 1 aromatic carbocycles. The maximum Gasteiger partial charge on any atom is 0.351 e. The van der Waals surface area contributed by atoms with E-state index in [1.807, 2.05) is 37.3 Å². The number of carbonyl (C=O) groups is 1. The molecule has 0 aliphatic rings. The summed E-state index contributed by atoms with van der Waals surface area (Å²) < 4.78 is 7.05. The van der Waals surface area contributed by atoms with Gasteiger partial charge in [-0.25, -0.2) is 4.79 Å². The third-order valence-corrected chi connectivity index (χ3v) is 5.28. The molecule has 3 rings (SSSR count). The van der Waals surface area contributed by atoms with Gasteiger partial charge in [-0.1, -0.05) is 0 Å². The van der Waals surface area contributed by atoms with Gasteiger partial charge in [-0.3, -0.25) is 9.36 Å². The van der Waals surface area contributed by atoms with E-state index in [9.17, 15) is 14.9 Å². The summed E-state index contributed by atoms with van der Waals surface area (Å²) in [6.45, 7) is 5.95. The van der Waals surface area contributed by atoms with Gasteiger partial charge in [0.25, 0.3) is 5.56 Å². The lowest BCUT2D eigenvalue weighted by atomic mass is 10.2. The number of aromatic nitrogens is 2. The Morgan fingerprint density at radius 2 is 2.18 bits per heavy atom. The molecule has 2 heterocycles. The van der Waals surface area contributed by atoms with Crippen molar-refractivity contribution in [1.29, 1.82) is 5.26 Å². The van der Waals surface area contributed by atoms with E-state index in [1.54, 1.807) is 20.0 Å². The van der Waals surface area contributed by atoms with Gasteiger partial charge < -0.3 is 15.0 Å². The van der Waals surface area contributed by atoms with Crippen LogP contribution in [0.3, 0.4) is 0 Å². The molecule has 0 spiro atoms. The van der Waals surface area contributed by atoms with Crippen molar-refractivity contribution in [2.45, 2.75) is 27.3 Å². The second-order valence-corrected chi connectivity index (χ2v) is 7.10. The maximum absolute atomic E-state index is 12.7. The smallest absolute Gasteiger partial charge is 0.351 e. The highest BCUT2D eigenvalue weighted by atomic mass is 32.1. The molecular weight excluding hydrogens is 376 g/mol. The van der Waals surface area contributed by atoms with Crippen molar-refractivity contribution >= 4 is 45.7 Å². The number of benzene rings is 1. The van der Waals surface area contributed by atoms with Crippen LogP contribution in [0.2, 0.25) is 0 Å². The Hall–Kier alpha value is -3.31. The van der Waals surface area contributed by atoms with Gasteiger partial charge >= 0.3 is 5.97 Å². The molecule has 28 heavy (non-hydrogen) atoms. The molecule has 0 radical (unpaired) electrons. The minimum absolute atomic E-state index is 0.158. The third kappa shape index (κ3) is 3.70. The van der Waals surface area contributed by atoms with Crippen LogP contribution in [0.15, 0.2) is 29.1 Å². The van der Waals surface area contributed by atoms with Crippen molar-refractivity contribution in [3.05, 3.63) is 49.5 Å². The predicted octanol–water partition coefficient (Wildman–Crippen LogP) is 1.81. The maximum atomic E-state index is 12.7. The van der Waals surface area contributed by atoms with Gasteiger partial charge in [0.2, 0.25) is 0 Å². The van der Waals surface area contributed by atoms with Crippen LogP contribution in [0.25, 0.3) is 22.7 Å². The number of rotatable bonds is 5. The molecule has 8 heteroatoms. The summed E-state index contributed by atoms with van der Waals surface area (Å²) in [5.41, 5.74) is 2.53. The molecule has 2 aromatic heterocycles. The number of nitrogens with one attached hydrogen (secondary N) is 2. The molecule has 0 fully saturated rings. The number of aromatic amines is 1. The Balaban J connectivity index is 2.06. The first-order valence-corrected chi connectivity index (χ1v) is 9.67. The molecule has 0 unspecified atom stereocenters. The summed E-state index contributed by atoms with van der Waals surface area (Å²) in [5.74, 6) is -0.721. The van der Waals surface area contributed by atoms with Crippen LogP contribution in [-0.4, -0.2) is 22.1 Å². The zero-order valence-corrected chi connectivity index (χ0v) is 16.6. The van der Waals surface area contributed by atoms with Gasteiger partial charge in [-0.2, -0.15) is 5.26 Å². The quantitative estimate of drug-likeness (QED) is 0.641. The third-order valence-electron chi connectivity index (χ3n) is 4.15. The zero-order valence-electron chi connectivity index (χ0n) is 15.8. The highest BCUT2D eigenvalue weighted by Gasteiger charge is 2.16. The number of hydrogen-bond donors (Lipinski definition) is 2. The molecule has 0 aliphatic heterocycles. The van der Waals surface area contributed by atoms with E-state index in [-0.39, 0.29) is 17.7 Å². The van der Waals surface area contributed by atoms with Gasteiger partial charge in [-0.05, 0) is 45.0 Å². The van der Waals surface area contributed by atoms with Crippen LogP contribution >= 0.6 is 11.3 Å². The average molecular weight is 396 g/mol. The number of nitrogens with zero attached hydrogens (tertiary/aromatic N) is 2. The lowest BCUT2D eigenvalue weighted by molar-refractivity contribution is -0.136. The lowest BCUT2D eigenvalue weighted by Gasteiger charge is -2.00. The summed E-state index contributed by atoms with van der Waals surface area (Å²) in [7, 11) is 0. The SMILES string of the molecule is CCOC(=O)/C(C#N)=c1\s/c(=C\Nc2ccc3[nH]c(C)cc3c2)c(=O)n1CC. The highest BCUT2D eigenvalue weighted by Crippen LogP contribution is 2.19. The summed E-state index contributed by atoms with van der Waals surface area (Å²) >= 11 is 1.09. The van der Waals surface area contributed by atoms with Crippen LogP contribution < -0.4 is 20.1 Å². The molecule has 144 valence electrons. The van der Waals surface area contributed by atoms with E-state index < -0.39 is 5.97 Å². The molecular formula is C20H20N4O3S. The number of H-pyrrole nitrogens is 1. The standard InChI is InChI=1S/C20H20N4O3S/c1-4-24-18(25)17(28-19(24)15(10-21)20(26)27-5-2)11-22-14-6-7-16-13(9-14)8-12(3)23-16/h6-9,11,22-23H,4-5H2,1-3H3/b17-11-,19-15-. The Kier molecular flexibility index (Phi) is 5.66. The fourth-order valence-electron chi connectivity index (χ4n) is 2.89. The number of anilines is 1. The number of nitriles is 1. The van der Waals surface area contributed by atoms with E-state index in [4.69, 9.17) is 4.74 Å². The van der Waals surface area contributed by atoms with Gasteiger partial charge in [0.05, 0.1) is 6.61 Å². The number of esters is 1. The first-order valence-electron chi connectivity index (χ1n) is 8.85. The van der Waals surface area contributed by atoms with Gasteiger partial charge in [0.1, 0.15) is 15.3 Å². The van der Waals surface area contributed by atoms with Crippen LogP contribution in [0.4, 0.5) is 5.69 Å². The van der Waals surface area contributed by atoms with E-state index in [0.717, 1.165) is 33.6 Å².